The first-order chi connectivity index (χ1) is 33.9. The van der Waals surface area contributed by atoms with Gasteiger partial charge in [0.05, 0.1) is 36.5 Å². The summed E-state index contributed by atoms with van der Waals surface area (Å²) in [6.45, 7) is 5.02. The molecule has 4 aromatic rings. The number of nitriles is 1. The monoisotopic (exact) mass is 937 g/mol. The number of oxime groups is 1. The third kappa shape index (κ3) is 10.1. The average Bonchev–Trinajstić information content (AvgIpc) is 3.86. The van der Waals surface area contributed by atoms with Crippen molar-refractivity contribution in [2.24, 2.45) is 22.9 Å². The molecule has 2 fully saturated rings. The molecule has 0 spiro atoms. The third-order valence-corrected chi connectivity index (χ3v) is 14.0. The molecule has 7 atom stereocenters. The maximum Gasteiger partial charge on any atom is 0.254 e. The topological polar surface area (TPSA) is 179 Å². The van der Waals surface area contributed by atoms with Gasteiger partial charge in [0, 0.05) is 55.2 Å². The van der Waals surface area contributed by atoms with E-state index in [0.717, 1.165) is 61.5 Å². The van der Waals surface area contributed by atoms with E-state index in [0.29, 0.717) is 77.0 Å². The Morgan fingerprint density at radius 3 is 2.49 bits per heavy atom. The van der Waals surface area contributed by atoms with Gasteiger partial charge in [-0.2, -0.15) is 5.26 Å². The lowest BCUT2D eigenvalue weighted by molar-refractivity contribution is -0.255. The number of carbonyl (C=O) groups is 2. The molecule has 1 unspecified atom stereocenters. The van der Waals surface area contributed by atoms with Crippen molar-refractivity contribution in [3.05, 3.63) is 137 Å². The second-order valence-corrected chi connectivity index (χ2v) is 18.3. The quantitative estimate of drug-likeness (QED) is 0.0372. The first-order valence-corrected chi connectivity index (χ1v) is 24.1. The van der Waals surface area contributed by atoms with E-state index in [4.69, 9.17) is 38.4 Å². The number of aliphatic hydroxyl groups excluding tert-OH is 2. The van der Waals surface area contributed by atoms with Crippen LogP contribution in [-0.2, 0) is 20.9 Å². The molecule has 0 radical (unpaired) electrons. The van der Waals surface area contributed by atoms with E-state index in [1.165, 1.54) is 0 Å². The highest BCUT2D eigenvalue weighted by atomic mass is 16.8. The Kier molecular flexibility index (Phi) is 15.1. The fourth-order valence-electron chi connectivity index (χ4n) is 10.8. The van der Waals surface area contributed by atoms with E-state index < -0.39 is 24.0 Å². The Hall–Kier alpha value is -6.50. The molecule has 0 bridgehead atoms. The molecule has 9 rings (SSSR count). The summed E-state index contributed by atoms with van der Waals surface area (Å²) in [4.78, 5) is 35.4. The molecule has 14 heteroatoms. The zero-order chi connectivity index (χ0) is 47.7. The zero-order valence-electron chi connectivity index (χ0n) is 38.7. The standard InChI is InChI=1S/C55H59N3O11/c1-2-25-66-55-50(58(54(62)39-18-15-36(32-56)16-19-39)33-37-17-21-48-49(28-37)65-35-64-48)31-46(57-69-51-14-5-8-26-63-51)44-29-40(11-3-6-23-59)43(13-4-7-24-60)52(53(44)55)45-30-42(20-22-47(45)68-55)67-41-12-9-10-38(27-41)34-61/h2,9-10,12,15-22,27-30,34,40,43,50-53,59-60H,1,3-8,11,13-14,23-26,31,33,35H2/t40-,43+,50-,51?,52+,53+,55+/m0/s1. The van der Waals surface area contributed by atoms with Crippen LogP contribution in [0.1, 0.15) is 108 Å². The minimum absolute atomic E-state index is 0.00101. The number of fused-ring (bicyclic) bond motifs is 3. The van der Waals surface area contributed by atoms with Crippen LogP contribution in [0.5, 0.6) is 28.7 Å². The van der Waals surface area contributed by atoms with Gasteiger partial charge in [0.2, 0.25) is 18.9 Å². The molecule has 360 valence electrons. The minimum atomic E-state index is -1.55. The minimum Gasteiger partial charge on any atom is -0.459 e. The summed E-state index contributed by atoms with van der Waals surface area (Å²) in [5.74, 6) is -0.0462. The van der Waals surface area contributed by atoms with Crippen LogP contribution < -0.4 is 18.9 Å². The Morgan fingerprint density at radius 1 is 0.928 bits per heavy atom. The number of aldehydes is 1. The van der Waals surface area contributed by atoms with Crippen LogP contribution in [0.4, 0.5) is 0 Å². The first kappa shape index (κ1) is 47.6. The lowest BCUT2D eigenvalue weighted by Crippen LogP contribution is -2.70. The molecule has 1 saturated carbocycles. The number of aliphatic hydroxyl groups is 2. The number of ether oxygens (including phenoxy) is 6. The van der Waals surface area contributed by atoms with E-state index in [-0.39, 0.29) is 63.2 Å². The predicted octanol–water partition coefficient (Wildman–Crippen LogP) is 9.39. The fourth-order valence-corrected chi connectivity index (χ4v) is 10.8. The molecular weight excluding hydrogens is 879 g/mol. The van der Waals surface area contributed by atoms with Crippen LogP contribution in [0.2, 0.25) is 0 Å². The van der Waals surface area contributed by atoms with Crippen LogP contribution >= 0.6 is 0 Å². The Labute approximate surface area is 402 Å². The van der Waals surface area contributed by atoms with Gasteiger partial charge in [0.1, 0.15) is 29.6 Å². The van der Waals surface area contributed by atoms with Crippen molar-refractivity contribution in [1.29, 1.82) is 5.26 Å². The molecular formula is C55H59N3O11. The number of hydrogen-bond acceptors (Lipinski definition) is 13. The number of benzene rings is 4. The second-order valence-electron chi connectivity index (χ2n) is 18.3. The van der Waals surface area contributed by atoms with E-state index in [9.17, 15) is 20.3 Å². The summed E-state index contributed by atoms with van der Waals surface area (Å²) in [7, 11) is 0. The molecule has 3 aliphatic heterocycles. The molecule has 2 aliphatic carbocycles. The highest BCUT2D eigenvalue weighted by Crippen LogP contribution is 2.62. The maximum atomic E-state index is 15.5. The van der Waals surface area contributed by atoms with Crippen LogP contribution in [0.25, 0.3) is 0 Å². The van der Waals surface area contributed by atoms with E-state index in [2.05, 4.69) is 18.7 Å². The van der Waals surface area contributed by atoms with Crippen molar-refractivity contribution in [3.8, 4) is 34.8 Å². The van der Waals surface area contributed by atoms with E-state index in [1.807, 2.05) is 36.4 Å². The molecule has 14 nitrogen and oxygen atoms in total. The lowest BCUT2D eigenvalue weighted by Gasteiger charge is -2.60. The molecule has 69 heavy (non-hydrogen) atoms. The number of hydrogen-bond donors (Lipinski definition) is 2. The van der Waals surface area contributed by atoms with Gasteiger partial charge in [-0.3, -0.25) is 9.59 Å². The summed E-state index contributed by atoms with van der Waals surface area (Å²) < 4.78 is 38.7. The molecule has 0 aromatic heterocycles. The highest BCUT2D eigenvalue weighted by Gasteiger charge is 2.65. The van der Waals surface area contributed by atoms with Gasteiger partial charge in [-0.15, -0.1) is 6.58 Å². The summed E-state index contributed by atoms with van der Waals surface area (Å²) >= 11 is 0. The largest absolute Gasteiger partial charge is 0.459 e. The number of amides is 1. The molecule has 1 amide bonds. The van der Waals surface area contributed by atoms with E-state index in [1.54, 1.807) is 59.5 Å². The van der Waals surface area contributed by atoms with Gasteiger partial charge in [-0.25, -0.2) is 0 Å². The van der Waals surface area contributed by atoms with Gasteiger partial charge in [0.25, 0.3) is 5.91 Å². The first-order valence-electron chi connectivity index (χ1n) is 24.1. The molecule has 2 N–H and O–H groups in total. The van der Waals surface area contributed by atoms with Crippen LogP contribution in [0.3, 0.4) is 0 Å². The van der Waals surface area contributed by atoms with Gasteiger partial charge in [-0.1, -0.05) is 48.3 Å². The van der Waals surface area contributed by atoms with Crippen molar-refractivity contribution in [1.82, 2.24) is 4.90 Å². The van der Waals surface area contributed by atoms with Gasteiger partial charge in [-0.05, 0) is 128 Å². The predicted molar refractivity (Wildman–Crippen MR) is 255 cm³/mol. The SMILES string of the molecule is C=CCO[C@@]12Oc3ccc(Oc4cccc(C=O)c4)cc3[C@H]3[C@H](CCCCO)[C@@H](CCCCO)C=C(C(=NOC4CCCCO4)C[C@@H]1N(Cc1ccc4c(c1)OCO4)C(=O)c1ccc(C#N)cc1)[C@H]32. The number of allylic oxidation sites excluding steroid dienone is 1. The number of nitrogens with zero attached hydrogens (tertiary/aromatic N) is 3. The van der Waals surface area contributed by atoms with Crippen molar-refractivity contribution in [2.75, 3.05) is 33.2 Å². The normalized spacial score (nSPS) is 24.7. The maximum absolute atomic E-state index is 15.5. The van der Waals surface area contributed by atoms with Crippen molar-refractivity contribution in [3.63, 3.8) is 0 Å². The molecule has 5 aliphatic rings. The Bertz CT molecular complexity index is 2580. The summed E-state index contributed by atoms with van der Waals surface area (Å²) in [6.07, 6.45) is 11.2. The number of unbranched alkanes of at least 4 members (excludes halogenated alkanes) is 2. The van der Waals surface area contributed by atoms with E-state index >= 15 is 4.79 Å². The molecule has 3 heterocycles. The average molecular weight is 938 g/mol. The summed E-state index contributed by atoms with van der Waals surface area (Å²) in [5, 5.41) is 34.8. The fraction of sp³-hybridized carbons (Fsp3) is 0.418. The smallest absolute Gasteiger partial charge is 0.254 e. The Balaban J connectivity index is 1.26. The van der Waals surface area contributed by atoms with Crippen LogP contribution in [0.15, 0.2) is 114 Å². The lowest BCUT2D eigenvalue weighted by atomic mass is 9.55. The summed E-state index contributed by atoms with van der Waals surface area (Å²) in [5.41, 5.74) is 4.44. The zero-order valence-corrected chi connectivity index (χ0v) is 38.7. The molecule has 1 saturated heterocycles. The van der Waals surface area contributed by atoms with Crippen molar-refractivity contribution in [2.45, 2.75) is 94.8 Å². The number of carbonyl (C=O) groups excluding carboxylic acids is 2. The second kappa shape index (κ2) is 21.9. The van der Waals surface area contributed by atoms with Crippen molar-refractivity contribution < 1.29 is 53.1 Å². The van der Waals surface area contributed by atoms with Crippen molar-refractivity contribution >= 4 is 17.9 Å². The van der Waals surface area contributed by atoms with Gasteiger partial charge in [0.15, 0.2) is 11.5 Å². The van der Waals surface area contributed by atoms with Crippen LogP contribution in [0, 0.1) is 29.1 Å². The highest BCUT2D eigenvalue weighted by molar-refractivity contribution is 6.03. The number of rotatable bonds is 20. The summed E-state index contributed by atoms with van der Waals surface area (Å²) in [6, 6.07) is 26.3. The van der Waals surface area contributed by atoms with Gasteiger partial charge >= 0.3 is 0 Å². The van der Waals surface area contributed by atoms with Crippen LogP contribution in [-0.4, -0.2) is 84.4 Å². The van der Waals surface area contributed by atoms with Gasteiger partial charge < -0.3 is 48.4 Å². The third-order valence-electron chi connectivity index (χ3n) is 14.0. The Morgan fingerprint density at radius 2 is 1.72 bits per heavy atom. The molecule has 4 aromatic carbocycles.